The molecule has 0 aromatic carbocycles. The van der Waals surface area contributed by atoms with E-state index >= 15 is 0 Å². The van der Waals surface area contributed by atoms with E-state index in [1.807, 2.05) is 13.8 Å². The van der Waals surface area contributed by atoms with Crippen LogP contribution in [0.1, 0.15) is 33.1 Å². The van der Waals surface area contributed by atoms with Crippen LogP contribution < -0.4 is 5.32 Å². The van der Waals surface area contributed by atoms with Gasteiger partial charge >= 0.3 is 5.97 Å². The molecule has 1 saturated heterocycles. The number of hydrogen-bond acceptors (Lipinski definition) is 4. The number of ether oxygens (including phenoxy) is 1. The molecule has 16 heavy (non-hydrogen) atoms. The van der Waals surface area contributed by atoms with Gasteiger partial charge in [-0.1, -0.05) is 6.92 Å². The molecule has 4 heteroatoms. The highest BCUT2D eigenvalue weighted by molar-refractivity contribution is 5.75. The maximum atomic E-state index is 11.6. The third-order valence-corrected chi connectivity index (χ3v) is 3.25. The SMILES string of the molecule is CCOC(=O)C(CC)NCC1CCCN1C. The number of nitrogens with zero attached hydrogens (tertiary/aromatic N) is 1. The molecule has 0 aromatic rings. The lowest BCUT2D eigenvalue weighted by Gasteiger charge is -2.22. The van der Waals surface area contributed by atoms with E-state index in [0.29, 0.717) is 12.6 Å². The van der Waals surface area contributed by atoms with Crippen molar-refractivity contribution in [2.45, 2.75) is 45.2 Å². The van der Waals surface area contributed by atoms with Crippen LogP contribution in [0.25, 0.3) is 0 Å². The van der Waals surface area contributed by atoms with Gasteiger partial charge in [0.1, 0.15) is 6.04 Å². The summed E-state index contributed by atoms with van der Waals surface area (Å²) >= 11 is 0. The molecular weight excluding hydrogens is 204 g/mol. The number of esters is 1. The van der Waals surface area contributed by atoms with Crippen LogP contribution in [-0.2, 0) is 9.53 Å². The van der Waals surface area contributed by atoms with Crippen LogP contribution in [-0.4, -0.2) is 49.7 Å². The molecule has 1 aliphatic heterocycles. The van der Waals surface area contributed by atoms with Crippen molar-refractivity contribution in [1.29, 1.82) is 0 Å². The first kappa shape index (κ1) is 13.5. The summed E-state index contributed by atoms with van der Waals surface area (Å²) in [6, 6.07) is 0.428. The van der Waals surface area contributed by atoms with Crippen LogP contribution in [0.15, 0.2) is 0 Å². The van der Waals surface area contributed by atoms with E-state index in [-0.39, 0.29) is 12.0 Å². The molecule has 0 amide bonds. The number of likely N-dealkylation sites (tertiary alicyclic amines) is 1. The Morgan fingerprint density at radius 1 is 1.56 bits per heavy atom. The van der Waals surface area contributed by atoms with E-state index < -0.39 is 0 Å². The summed E-state index contributed by atoms with van der Waals surface area (Å²) in [6.07, 6.45) is 3.27. The number of carbonyl (C=O) groups excluding carboxylic acids is 1. The van der Waals surface area contributed by atoms with Gasteiger partial charge in [0.15, 0.2) is 0 Å². The van der Waals surface area contributed by atoms with Crippen molar-refractivity contribution >= 4 is 5.97 Å². The van der Waals surface area contributed by atoms with Gasteiger partial charge in [-0.15, -0.1) is 0 Å². The van der Waals surface area contributed by atoms with Crippen LogP contribution in [0.5, 0.6) is 0 Å². The second kappa shape index (κ2) is 6.86. The van der Waals surface area contributed by atoms with Crippen molar-refractivity contribution in [1.82, 2.24) is 10.2 Å². The Bertz CT molecular complexity index is 221. The average Bonchev–Trinajstić information content (AvgIpc) is 2.66. The van der Waals surface area contributed by atoms with Crippen LogP contribution >= 0.6 is 0 Å². The highest BCUT2D eigenvalue weighted by atomic mass is 16.5. The van der Waals surface area contributed by atoms with E-state index in [2.05, 4.69) is 17.3 Å². The first-order valence-corrected chi connectivity index (χ1v) is 6.29. The Morgan fingerprint density at radius 2 is 2.31 bits per heavy atom. The van der Waals surface area contributed by atoms with Crippen molar-refractivity contribution in [3.05, 3.63) is 0 Å². The van der Waals surface area contributed by atoms with Gasteiger partial charge in [0.25, 0.3) is 0 Å². The Labute approximate surface area is 98.3 Å². The summed E-state index contributed by atoms with van der Waals surface area (Å²) in [6.45, 7) is 6.36. The molecule has 94 valence electrons. The number of hydrogen-bond donors (Lipinski definition) is 1. The normalized spacial score (nSPS) is 23.3. The van der Waals surface area contributed by atoms with Crippen LogP contribution in [0.3, 0.4) is 0 Å². The molecule has 1 fully saturated rings. The molecule has 2 atom stereocenters. The molecule has 0 aromatic heterocycles. The minimum Gasteiger partial charge on any atom is -0.465 e. The second-order valence-electron chi connectivity index (χ2n) is 4.40. The number of carbonyl (C=O) groups is 1. The van der Waals surface area contributed by atoms with Gasteiger partial charge < -0.3 is 15.0 Å². The highest BCUT2D eigenvalue weighted by Gasteiger charge is 2.23. The predicted molar refractivity (Wildman–Crippen MR) is 64.4 cm³/mol. The molecule has 0 radical (unpaired) electrons. The van der Waals surface area contributed by atoms with Gasteiger partial charge in [-0.25, -0.2) is 0 Å². The lowest BCUT2D eigenvalue weighted by molar-refractivity contribution is -0.145. The van der Waals surface area contributed by atoms with Gasteiger partial charge in [0, 0.05) is 12.6 Å². The Balaban J connectivity index is 2.30. The van der Waals surface area contributed by atoms with E-state index in [9.17, 15) is 4.79 Å². The summed E-state index contributed by atoms with van der Waals surface area (Å²) < 4.78 is 5.02. The smallest absolute Gasteiger partial charge is 0.323 e. The minimum absolute atomic E-state index is 0.120. The van der Waals surface area contributed by atoms with E-state index in [1.54, 1.807) is 0 Å². The monoisotopic (exact) mass is 228 g/mol. The Kier molecular flexibility index (Phi) is 5.77. The zero-order valence-corrected chi connectivity index (χ0v) is 10.7. The fourth-order valence-electron chi connectivity index (χ4n) is 2.15. The summed E-state index contributed by atoms with van der Waals surface area (Å²) in [5.74, 6) is -0.120. The first-order chi connectivity index (χ1) is 7.69. The molecule has 0 spiro atoms. The van der Waals surface area contributed by atoms with Gasteiger partial charge in [-0.05, 0) is 39.8 Å². The summed E-state index contributed by atoms with van der Waals surface area (Å²) in [5.41, 5.74) is 0. The maximum Gasteiger partial charge on any atom is 0.323 e. The van der Waals surface area contributed by atoms with Crippen molar-refractivity contribution in [3.8, 4) is 0 Å². The average molecular weight is 228 g/mol. The molecule has 0 aliphatic carbocycles. The van der Waals surface area contributed by atoms with E-state index in [1.165, 1.54) is 19.4 Å². The Morgan fingerprint density at radius 3 is 2.81 bits per heavy atom. The van der Waals surface area contributed by atoms with Crippen LogP contribution in [0, 0.1) is 0 Å². The largest absolute Gasteiger partial charge is 0.465 e. The zero-order valence-electron chi connectivity index (χ0n) is 10.7. The molecule has 0 bridgehead atoms. The van der Waals surface area contributed by atoms with Crippen LogP contribution in [0.2, 0.25) is 0 Å². The summed E-state index contributed by atoms with van der Waals surface area (Å²) in [5, 5.41) is 3.31. The highest BCUT2D eigenvalue weighted by Crippen LogP contribution is 2.13. The van der Waals surface area contributed by atoms with Crippen LogP contribution in [0.4, 0.5) is 0 Å². The molecule has 0 saturated carbocycles. The molecule has 1 N–H and O–H groups in total. The quantitative estimate of drug-likeness (QED) is 0.689. The van der Waals surface area contributed by atoms with E-state index in [0.717, 1.165) is 13.0 Å². The van der Waals surface area contributed by atoms with Crippen molar-refractivity contribution in [2.75, 3.05) is 26.7 Å². The molecule has 1 rings (SSSR count). The van der Waals surface area contributed by atoms with Crippen molar-refractivity contribution < 1.29 is 9.53 Å². The number of likely N-dealkylation sites (N-methyl/N-ethyl adjacent to an activating group) is 1. The van der Waals surface area contributed by atoms with Gasteiger partial charge in [-0.2, -0.15) is 0 Å². The summed E-state index contributed by atoms with van der Waals surface area (Å²) in [7, 11) is 2.14. The predicted octanol–water partition coefficient (Wildman–Crippen LogP) is 1.01. The van der Waals surface area contributed by atoms with Gasteiger partial charge in [-0.3, -0.25) is 4.79 Å². The lowest BCUT2D eigenvalue weighted by Crippen LogP contribution is -2.44. The first-order valence-electron chi connectivity index (χ1n) is 6.29. The number of rotatable bonds is 6. The fourth-order valence-corrected chi connectivity index (χ4v) is 2.15. The zero-order chi connectivity index (χ0) is 12.0. The molecule has 1 aliphatic rings. The topological polar surface area (TPSA) is 41.6 Å². The molecule has 4 nitrogen and oxygen atoms in total. The van der Waals surface area contributed by atoms with Gasteiger partial charge in [0.2, 0.25) is 0 Å². The summed E-state index contributed by atoms with van der Waals surface area (Å²) in [4.78, 5) is 13.9. The molecular formula is C12H24N2O2. The minimum atomic E-state index is -0.144. The number of nitrogens with one attached hydrogen (secondary N) is 1. The third-order valence-electron chi connectivity index (χ3n) is 3.25. The molecule has 2 unspecified atom stereocenters. The Hall–Kier alpha value is -0.610. The maximum absolute atomic E-state index is 11.6. The van der Waals surface area contributed by atoms with Gasteiger partial charge in [0.05, 0.1) is 6.61 Å². The van der Waals surface area contributed by atoms with Crippen molar-refractivity contribution in [2.24, 2.45) is 0 Å². The second-order valence-corrected chi connectivity index (χ2v) is 4.40. The van der Waals surface area contributed by atoms with E-state index in [4.69, 9.17) is 4.74 Å². The van der Waals surface area contributed by atoms with Crippen molar-refractivity contribution in [3.63, 3.8) is 0 Å². The fraction of sp³-hybridized carbons (Fsp3) is 0.917. The molecule has 1 heterocycles. The third kappa shape index (κ3) is 3.76. The lowest BCUT2D eigenvalue weighted by atomic mass is 10.2. The standard InChI is InChI=1S/C12H24N2O2/c1-4-11(12(15)16-5-2)13-9-10-7-6-8-14(10)3/h10-11,13H,4-9H2,1-3H3.